The van der Waals surface area contributed by atoms with Crippen LogP contribution in [0.15, 0.2) is 41.3 Å². The van der Waals surface area contributed by atoms with Crippen LogP contribution >= 0.6 is 11.6 Å². The minimum absolute atomic E-state index is 0.118. The van der Waals surface area contributed by atoms with E-state index in [1.54, 1.807) is 30.3 Å². The molecule has 1 fully saturated rings. The molecule has 10 heteroatoms. The summed E-state index contributed by atoms with van der Waals surface area (Å²) < 4.78 is 43.1. The van der Waals surface area contributed by atoms with Gasteiger partial charge in [0.1, 0.15) is 11.5 Å². The van der Waals surface area contributed by atoms with Crippen molar-refractivity contribution in [3.8, 4) is 11.5 Å². The van der Waals surface area contributed by atoms with Crippen LogP contribution in [0.1, 0.15) is 12.0 Å². The van der Waals surface area contributed by atoms with E-state index >= 15 is 0 Å². The number of aryl methyl sites for hydroxylation is 1. The molecule has 1 saturated heterocycles. The molecule has 3 rings (SSSR count). The van der Waals surface area contributed by atoms with Crippen molar-refractivity contribution in [1.29, 1.82) is 0 Å². The van der Waals surface area contributed by atoms with Crippen LogP contribution in [0.25, 0.3) is 0 Å². The Morgan fingerprint density at radius 3 is 2.45 bits per heavy atom. The zero-order valence-corrected chi connectivity index (χ0v) is 19.0. The number of carbonyl (C=O) groups excluding carboxylic acids is 1. The van der Waals surface area contributed by atoms with Crippen molar-refractivity contribution in [1.82, 2.24) is 4.31 Å². The Bertz CT molecular complexity index is 1040. The van der Waals surface area contributed by atoms with Gasteiger partial charge in [0.05, 0.1) is 38.0 Å². The highest BCUT2D eigenvalue weighted by Crippen LogP contribution is 2.29. The maximum atomic E-state index is 12.9. The van der Waals surface area contributed by atoms with Crippen LogP contribution < -0.4 is 14.8 Å². The molecule has 8 nitrogen and oxygen atoms in total. The summed E-state index contributed by atoms with van der Waals surface area (Å²) in [6, 6.07) is 9.64. The fraction of sp³-hybridized carbons (Fsp3) is 0.381. The summed E-state index contributed by atoms with van der Waals surface area (Å²) in [4.78, 5) is 12.7. The zero-order chi connectivity index (χ0) is 22.4. The van der Waals surface area contributed by atoms with E-state index in [1.807, 2.05) is 0 Å². The van der Waals surface area contributed by atoms with Crippen LogP contribution in [0.4, 0.5) is 5.69 Å². The number of methoxy groups -OCH3 is 2. The van der Waals surface area contributed by atoms with Gasteiger partial charge in [-0.2, -0.15) is 4.31 Å². The topological polar surface area (TPSA) is 94.2 Å². The molecule has 1 heterocycles. The molecule has 0 spiro atoms. The van der Waals surface area contributed by atoms with Gasteiger partial charge >= 0.3 is 0 Å². The van der Waals surface area contributed by atoms with Gasteiger partial charge in [-0.25, -0.2) is 8.42 Å². The number of nitrogens with one attached hydrogen (secondary N) is 1. The highest BCUT2D eigenvalue weighted by Gasteiger charge is 2.27. The lowest BCUT2D eigenvalue weighted by molar-refractivity contribution is -0.116. The number of amides is 1. The van der Waals surface area contributed by atoms with Crippen LogP contribution in [0.2, 0.25) is 5.02 Å². The Kier molecular flexibility index (Phi) is 7.77. The predicted octanol–water partition coefficient (Wildman–Crippen LogP) is 2.95. The molecule has 2 aromatic carbocycles. The third-order valence-corrected chi connectivity index (χ3v) is 7.05. The van der Waals surface area contributed by atoms with Gasteiger partial charge in [0, 0.05) is 24.5 Å². The number of ether oxygens (including phenoxy) is 3. The third kappa shape index (κ3) is 5.68. The van der Waals surface area contributed by atoms with Crippen molar-refractivity contribution in [2.45, 2.75) is 17.7 Å². The first kappa shape index (κ1) is 23.3. The number of hydrogen-bond donors (Lipinski definition) is 1. The number of hydrogen-bond acceptors (Lipinski definition) is 6. The highest BCUT2D eigenvalue weighted by atomic mass is 35.5. The quantitative estimate of drug-likeness (QED) is 0.640. The van der Waals surface area contributed by atoms with Crippen LogP contribution in [-0.4, -0.2) is 59.2 Å². The second-order valence-electron chi connectivity index (χ2n) is 6.88. The van der Waals surface area contributed by atoms with Crippen LogP contribution in [-0.2, 0) is 26.0 Å². The normalized spacial score (nSPS) is 14.8. The number of morpholine rings is 1. The summed E-state index contributed by atoms with van der Waals surface area (Å²) in [6.07, 6.45) is 0.414. The summed E-state index contributed by atoms with van der Waals surface area (Å²) in [5, 5.41) is 3.25. The van der Waals surface area contributed by atoms with E-state index in [0.29, 0.717) is 60.5 Å². The van der Waals surface area contributed by atoms with Crippen molar-refractivity contribution < 1.29 is 27.4 Å². The first-order valence-electron chi connectivity index (χ1n) is 9.73. The molecule has 1 aliphatic rings. The zero-order valence-electron chi connectivity index (χ0n) is 17.4. The van der Waals surface area contributed by atoms with Crippen LogP contribution in [0, 0.1) is 0 Å². The Morgan fingerprint density at radius 2 is 1.77 bits per heavy atom. The molecule has 0 aromatic heterocycles. The minimum Gasteiger partial charge on any atom is -0.496 e. The Morgan fingerprint density at radius 1 is 1.10 bits per heavy atom. The number of carbonyl (C=O) groups is 1. The van der Waals surface area contributed by atoms with Gasteiger partial charge in [0.15, 0.2) is 0 Å². The molecule has 0 aliphatic carbocycles. The standard InChI is InChI=1S/C21H25ClN2O6S/c1-28-19-7-5-17(31(26,27)24-9-11-30-12-10-24)13-15(19)3-8-21(25)23-18-14-16(22)4-6-20(18)29-2/h4-7,13-14H,3,8-12H2,1-2H3,(H,23,25). The molecule has 0 saturated carbocycles. The third-order valence-electron chi connectivity index (χ3n) is 4.92. The molecule has 1 amide bonds. The Hall–Kier alpha value is -2.33. The van der Waals surface area contributed by atoms with Gasteiger partial charge in [-0.1, -0.05) is 11.6 Å². The van der Waals surface area contributed by atoms with E-state index in [-0.39, 0.29) is 17.2 Å². The second-order valence-corrected chi connectivity index (χ2v) is 9.26. The molecule has 168 valence electrons. The molecular weight excluding hydrogens is 444 g/mol. The number of anilines is 1. The summed E-state index contributed by atoms with van der Waals surface area (Å²) in [7, 11) is -0.634. The summed E-state index contributed by atoms with van der Waals surface area (Å²) >= 11 is 6.00. The molecule has 1 aliphatic heterocycles. The largest absolute Gasteiger partial charge is 0.496 e. The fourth-order valence-corrected chi connectivity index (χ4v) is 4.92. The SMILES string of the molecule is COc1ccc(S(=O)(=O)N2CCOCC2)cc1CCC(=O)Nc1cc(Cl)ccc1OC. The highest BCUT2D eigenvalue weighted by molar-refractivity contribution is 7.89. The molecule has 0 unspecified atom stereocenters. The number of sulfonamides is 1. The molecule has 0 atom stereocenters. The van der Waals surface area contributed by atoms with Crippen molar-refractivity contribution >= 4 is 33.2 Å². The molecule has 0 bridgehead atoms. The van der Waals surface area contributed by atoms with Gasteiger partial charge in [-0.05, 0) is 48.4 Å². The first-order valence-corrected chi connectivity index (χ1v) is 11.5. The number of benzene rings is 2. The lowest BCUT2D eigenvalue weighted by Gasteiger charge is -2.26. The van der Waals surface area contributed by atoms with E-state index in [1.165, 1.54) is 24.6 Å². The number of halogens is 1. The monoisotopic (exact) mass is 468 g/mol. The van der Waals surface area contributed by atoms with Gasteiger partial charge in [0.25, 0.3) is 0 Å². The van der Waals surface area contributed by atoms with Crippen molar-refractivity contribution in [3.63, 3.8) is 0 Å². The second kappa shape index (κ2) is 10.3. The van der Waals surface area contributed by atoms with Gasteiger partial charge in [-0.15, -0.1) is 0 Å². The first-order chi connectivity index (χ1) is 14.8. The number of nitrogens with zero attached hydrogens (tertiary/aromatic N) is 1. The van der Waals surface area contributed by atoms with Gasteiger partial charge in [0.2, 0.25) is 15.9 Å². The lowest BCUT2D eigenvalue weighted by Crippen LogP contribution is -2.40. The summed E-state index contributed by atoms with van der Waals surface area (Å²) in [6.45, 7) is 1.37. The molecular formula is C21H25ClN2O6S. The van der Waals surface area contributed by atoms with Crippen molar-refractivity contribution in [2.75, 3.05) is 45.8 Å². The van der Waals surface area contributed by atoms with Gasteiger partial charge < -0.3 is 19.5 Å². The minimum atomic E-state index is -3.64. The van der Waals surface area contributed by atoms with E-state index in [4.69, 9.17) is 25.8 Å². The molecule has 1 N–H and O–H groups in total. The van der Waals surface area contributed by atoms with E-state index < -0.39 is 10.0 Å². The average molecular weight is 469 g/mol. The molecule has 0 radical (unpaired) electrons. The Labute approximate surface area is 187 Å². The van der Waals surface area contributed by atoms with E-state index in [2.05, 4.69) is 5.32 Å². The van der Waals surface area contributed by atoms with Crippen LogP contribution in [0.5, 0.6) is 11.5 Å². The van der Waals surface area contributed by atoms with Crippen molar-refractivity contribution in [2.24, 2.45) is 0 Å². The Balaban J connectivity index is 1.74. The van der Waals surface area contributed by atoms with E-state index in [9.17, 15) is 13.2 Å². The fourth-order valence-electron chi connectivity index (χ4n) is 3.29. The summed E-state index contributed by atoms with van der Waals surface area (Å²) in [5.41, 5.74) is 1.10. The smallest absolute Gasteiger partial charge is 0.243 e. The number of rotatable bonds is 8. The summed E-state index contributed by atoms with van der Waals surface area (Å²) in [5.74, 6) is 0.757. The van der Waals surface area contributed by atoms with Gasteiger partial charge in [-0.3, -0.25) is 4.79 Å². The maximum absolute atomic E-state index is 12.9. The maximum Gasteiger partial charge on any atom is 0.243 e. The molecule has 31 heavy (non-hydrogen) atoms. The van der Waals surface area contributed by atoms with E-state index in [0.717, 1.165) is 0 Å². The average Bonchev–Trinajstić information content (AvgIpc) is 2.78. The van der Waals surface area contributed by atoms with Crippen molar-refractivity contribution in [3.05, 3.63) is 47.0 Å². The lowest BCUT2D eigenvalue weighted by atomic mass is 10.1. The predicted molar refractivity (Wildman–Crippen MR) is 118 cm³/mol. The molecule has 2 aromatic rings. The van der Waals surface area contributed by atoms with Crippen LogP contribution in [0.3, 0.4) is 0 Å².